The normalized spacial score (nSPS) is 11.0. The largest absolute Gasteiger partial charge is 0.431 e. The first kappa shape index (κ1) is 16.3. The van der Waals surface area contributed by atoms with Crippen LogP contribution >= 0.6 is 11.8 Å². The Hall–Kier alpha value is -2.59. The van der Waals surface area contributed by atoms with E-state index >= 15 is 0 Å². The molecule has 24 heavy (non-hydrogen) atoms. The van der Waals surface area contributed by atoms with Gasteiger partial charge in [-0.25, -0.2) is 4.98 Å². The summed E-state index contributed by atoms with van der Waals surface area (Å²) in [5.74, 6) is 1.08. The van der Waals surface area contributed by atoms with Crippen LogP contribution in [0.1, 0.15) is 6.92 Å². The summed E-state index contributed by atoms with van der Waals surface area (Å²) in [4.78, 5) is 16.3. The summed E-state index contributed by atoms with van der Waals surface area (Å²) in [5, 5.41) is 0.505. The van der Waals surface area contributed by atoms with Gasteiger partial charge in [0.15, 0.2) is 11.5 Å². The van der Waals surface area contributed by atoms with E-state index in [-0.39, 0.29) is 5.78 Å². The standard InChI is InChI=1S/C20H17NO2S/c1-2-9-17(22)14-24-20-21-18(15-10-5-3-6-11-15)19(23-20)16-12-7-4-8-13-16/h2-13H,14H2,1H3/b9-2+. The molecule has 0 amide bonds. The van der Waals surface area contributed by atoms with E-state index in [2.05, 4.69) is 4.98 Å². The van der Waals surface area contributed by atoms with Gasteiger partial charge in [0.25, 0.3) is 5.22 Å². The maximum Gasteiger partial charge on any atom is 0.257 e. The summed E-state index contributed by atoms with van der Waals surface area (Å²) in [6, 6.07) is 19.8. The zero-order valence-electron chi connectivity index (χ0n) is 13.3. The van der Waals surface area contributed by atoms with E-state index in [1.165, 1.54) is 11.8 Å². The van der Waals surface area contributed by atoms with Crippen LogP contribution in [0, 0.1) is 0 Å². The van der Waals surface area contributed by atoms with Crippen LogP contribution in [-0.4, -0.2) is 16.5 Å². The van der Waals surface area contributed by atoms with Crippen LogP contribution in [0.4, 0.5) is 0 Å². The third-order valence-electron chi connectivity index (χ3n) is 3.38. The second kappa shape index (κ2) is 7.79. The minimum absolute atomic E-state index is 0.0447. The molecule has 0 radical (unpaired) electrons. The topological polar surface area (TPSA) is 43.1 Å². The molecule has 3 aromatic rings. The number of thioether (sulfide) groups is 1. The minimum atomic E-state index is 0.0447. The van der Waals surface area contributed by atoms with Gasteiger partial charge in [-0.15, -0.1) is 0 Å². The summed E-state index contributed by atoms with van der Waals surface area (Å²) in [5.41, 5.74) is 2.75. The van der Waals surface area contributed by atoms with E-state index in [0.717, 1.165) is 22.6 Å². The Balaban J connectivity index is 1.96. The number of hydrogen-bond donors (Lipinski definition) is 0. The molecule has 3 nitrogen and oxygen atoms in total. The lowest BCUT2D eigenvalue weighted by Gasteiger charge is -2.00. The summed E-state index contributed by atoms with van der Waals surface area (Å²) >= 11 is 1.31. The van der Waals surface area contributed by atoms with Crippen molar-refractivity contribution in [2.75, 3.05) is 5.75 Å². The number of oxazole rings is 1. The van der Waals surface area contributed by atoms with Crippen LogP contribution in [0.5, 0.6) is 0 Å². The Morgan fingerprint density at radius 2 is 1.67 bits per heavy atom. The van der Waals surface area contributed by atoms with Gasteiger partial charge in [-0.05, 0) is 13.0 Å². The highest BCUT2D eigenvalue weighted by atomic mass is 32.2. The number of allylic oxidation sites excluding steroid dienone is 2. The lowest BCUT2D eigenvalue weighted by atomic mass is 10.1. The van der Waals surface area contributed by atoms with Gasteiger partial charge in [0.2, 0.25) is 0 Å². The van der Waals surface area contributed by atoms with E-state index in [1.54, 1.807) is 12.2 Å². The average Bonchev–Trinajstić information content (AvgIpc) is 3.06. The predicted octanol–water partition coefficient (Wildman–Crippen LogP) is 5.25. The predicted molar refractivity (Wildman–Crippen MR) is 97.9 cm³/mol. The van der Waals surface area contributed by atoms with Crippen molar-refractivity contribution >= 4 is 17.5 Å². The summed E-state index contributed by atoms with van der Waals surface area (Å²) in [6.45, 7) is 1.83. The number of carbonyl (C=O) groups is 1. The Labute approximate surface area is 145 Å². The van der Waals surface area contributed by atoms with Gasteiger partial charge in [-0.2, -0.15) is 0 Å². The molecule has 0 atom stereocenters. The fraction of sp³-hybridized carbons (Fsp3) is 0.100. The molecule has 0 fully saturated rings. The zero-order valence-corrected chi connectivity index (χ0v) is 14.1. The Morgan fingerprint density at radius 1 is 1.04 bits per heavy atom. The molecule has 3 rings (SSSR count). The van der Waals surface area contributed by atoms with Crippen LogP contribution in [0.2, 0.25) is 0 Å². The fourth-order valence-electron chi connectivity index (χ4n) is 2.31. The molecule has 0 bridgehead atoms. The van der Waals surface area contributed by atoms with E-state index in [1.807, 2.05) is 67.6 Å². The molecule has 0 spiro atoms. The molecule has 0 unspecified atom stereocenters. The Bertz CT molecular complexity index is 782. The minimum Gasteiger partial charge on any atom is -0.431 e. The van der Waals surface area contributed by atoms with Gasteiger partial charge >= 0.3 is 0 Å². The summed E-state index contributed by atoms with van der Waals surface area (Å²) in [6.07, 6.45) is 3.30. The number of aromatic nitrogens is 1. The van der Waals surface area contributed by atoms with Gasteiger partial charge in [-0.3, -0.25) is 4.79 Å². The molecular formula is C20H17NO2S. The molecule has 0 aliphatic rings. The molecule has 120 valence electrons. The smallest absolute Gasteiger partial charge is 0.257 e. The number of carbonyl (C=O) groups excluding carboxylic acids is 1. The van der Waals surface area contributed by atoms with Crippen LogP contribution < -0.4 is 0 Å². The number of rotatable bonds is 6. The van der Waals surface area contributed by atoms with Crippen molar-refractivity contribution in [1.29, 1.82) is 0 Å². The number of benzene rings is 2. The highest BCUT2D eigenvalue weighted by Crippen LogP contribution is 2.35. The quantitative estimate of drug-likeness (QED) is 0.456. The zero-order chi connectivity index (χ0) is 16.8. The maximum absolute atomic E-state index is 11.7. The molecule has 1 heterocycles. The van der Waals surface area contributed by atoms with Crippen molar-refractivity contribution in [3.05, 3.63) is 72.8 Å². The van der Waals surface area contributed by atoms with Crippen LogP contribution in [0.15, 0.2) is 82.5 Å². The number of hydrogen-bond acceptors (Lipinski definition) is 4. The van der Waals surface area contributed by atoms with E-state index in [0.29, 0.717) is 11.0 Å². The average molecular weight is 335 g/mol. The van der Waals surface area contributed by atoms with Crippen molar-refractivity contribution in [3.63, 3.8) is 0 Å². The molecule has 0 saturated heterocycles. The molecule has 0 saturated carbocycles. The Kier molecular flexibility index (Phi) is 5.29. The van der Waals surface area contributed by atoms with Crippen LogP contribution in [0.25, 0.3) is 22.6 Å². The van der Waals surface area contributed by atoms with Gasteiger partial charge in [0, 0.05) is 11.1 Å². The Morgan fingerprint density at radius 3 is 2.29 bits per heavy atom. The molecule has 2 aromatic carbocycles. The van der Waals surface area contributed by atoms with Crippen LogP contribution in [-0.2, 0) is 4.79 Å². The molecule has 1 aromatic heterocycles. The van der Waals surface area contributed by atoms with E-state index in [4.69, 9.17) is 4.42 Å². The van der Waals surface area contributed by atoms with E-state index < -0.39 is 0 Å². The third-order valence-corrected chi connectivity index (χ3v) is 4.23. The molecule has 0 N–H and O–H groups in total. The highest BCUT2D eigenvalue weighted by molar-refractivity contribution is 7.99. The number of nitrogens with zero attached hydrogens (tertiary/aromatic N) is 1. The monoisotopic (exact) mass is 335 g/mol. The fourth-order valence-corrected chi connectivity index (χ4v) is 2.97. The maximum atomic E-state index is 11.7. The molecular weight excluding hydrogens is 318 g/mol. The lowest BCUT2D eigenvalue weighted by molar-refractivity contribution is -0.112. The van der Waals surface area contributed by atoms with Gasteiger partial charge in [0.05, 0.1) is 5.75 Å². The SMILES string of the molecule is C/C=C/C(=O)CSc1nc(-c2ccccc2)c(-c2ccccc2)o1. The first-order chi connectivity index (χ1) is 11.8. The summed E-state index contributed by atoms with van der Waals surface area (Å²) in [7, 11) is 0. The van der Waals surface area contributed by atoms with Crippen molar-refractivity contribution < 1.29 is 9.21 Å². The first-order valence-corrected chi connectivity index (χ1v) is 8.66. The highest BCUT2D eigenvalue weighted by Gasteiger charge is 2.17. The molecule has 4 heteroatoms. The van der Waals surface area contributed by atoms with Crippen molar-refractivity contribution in [2.24, 2.45) is 0 Å². The van der Waals surface area contributed by atoms with Crippen molar-refractivity contribution in [1.82, 2.24) is 4.98 Å². The van der Waals surface area contributed by atoms with Crippen LogP contribution in [0.3, 0.4) is 0 Å². The van der Waals surface area contributed by atoms with Gasteiger partial charge < -0.3 is 4.42 Å². The summed E-state index contributed by atoms with van der Waals surface area (Å²) < 4.78 is 5.96. The first-order valence-electron chi connectivity index (χ1n) is 7.68. The van der Waals surface area contributed by atoms with E-state index in [9.17, 15) is 4.79 Å². The number of ketones is 1. The van der Waals surface area contributed by atoms with Crippen molar-refractivity contribution in [2.45, 2.75) is 12.1 Å². The second-order valence-electron chi connectivity index (χ2n) is 5.14. The van der Waals surface area contributed by atoms with Crippen molar-refractivity contribution in [3.8, 4) is 22.6 Å². The molecule has 0 aliphatic heterocycles. The lowest BCUT2D eigenvalue weighted by Crippen LogP contribution is -1.95. The van der Waals surface area contributed by atoms with Gasteiger partial charge in [-0.1, -0.05) is 78.5 Å². The molecule has 0 aliphatic carbocycles. The second-order valence-corrected chi connectivity index (χ2v) is 6.07. The third kappa shape index (κ3) is 3.84. The van der Waals surface area contributed by atoms with Gasteiger partial charge in [0.1, 0.15) is 5.69 Å².